The molecule has 0 aliphatic rings. The summed E-state index contributed by atoms with van der Waals surface area (Å²) in [6, 6.07) is 3.85. The number of carboxylic acids is 1. The molecule has 96 valence electrons. The molecule has 0 aliphatic carbocycles. The van der Waals surface area contributed by atoms with Crippen molar-refractivity contribution in [1.82, 2.24) is 4.98 Å². The van der Waals surface area contributed by atoms with E-state index < -0.39 is 5.97 Å². The minimum atomic E-state index is -1.15. The summed E-state index contributed by atoms with van der Waals surface area (Å²) in [5.41, 5.74) is -0.182. The number of aromatic nitrogens is 1. The number of oxazole rings is 1. The summed E-state index contributed by atoms with van der Waals surface area (Å²) < 4.78 is 10.5. The average molecular weight is 267 g/mol. The van der Waals surface area contributed by atoms with E-state index in [1.54, 1.807) is 6.92 Å². The van der Waals surface area contributed by atoms with Crippen LogP contribution in [0.1, 0.15) is 29.2 Å². The fraction of sp³-hybridized carbons (Fsp3) is 0.333. The topological polar surface area (TPSA) is 72.6 Å². The van der Waals surface area contributed by atoms with Crippen LogP contribution in [-0.4, -0.2) is 22.7 Å². The van der Waals surface area contributed by atoms with Crippen LogP contribution >= 0.6 is 11.3 Å². The molecule has 0 radical (unpaired) electrons. The van der Waals surface area contributed by atoms with Crippen LogP contribution in [0.2, 0.25) is 0 Å². The van der Waals surface area contributed by atoms with E-state index in [0.29, 0.717) is 12.5 Å². The molecule has 0 atom stereocenters. The van der Waals surface area contributed by atoms with Gasteiger partial charge in [0.15, 0.2) is 0 Å². The molecule has 0 aliphatic heterocycles. The predicted molar refractivity (Wildman–Crippen MR) is 67.3 cm³/mol. The number of carbonyl (C=O) groups is 1. The number of aromatic carboxylic acids is 1. The van der Waals surface area contributed by atoms with Crippen molar-refractivity contribution in [2.24, 2.45) is 0 Å². The lowest BCUT2D eigenvalue weighted by Crippen LogP contribution is -2.01. The maximum Gasteiger partial charge on any atom is 0.362 e. The molecule has 0 saturated carbocycles. The van der Waals surface area contributed by atoms with Gasteiger partial charge in [-0.05, 0) is 25.5 Å². The highest BCUT2D eigenvalue weighted by molar-refractivity contribution is 7.15. The molecule has 0 amide bonds. The number of nitrogens with zero attached hydrogens (tertiary/aromatic N) is 1. The molecule has 2 heterocycles. The first-order chi connectivity index (χ1) is 8.65. The fourth-order valence-corrected chi connectivity index (χ4v) is 2.33. The average Bonchev–Trinajstić information content (AvgIpc) is 2.94. The third-order valence-corrected chi connectivity index (χ3v) is 3.51. The zero-order valence-corrected chi connectivity index (χ0v) is 10.9. The van der Waals surface area contributed by atoms with Gasteiger partial charge in [-0.25, -0.2) is 4.79 Å². The molecule has 2 aromatic heterocycles. The smallest absolute Gasteiger partial charge is 0.362 e. The summed E-state index contributed by atoms with van der Waals surface area (Å²) in [5.74, 6) is -0.896. The first kappa shape index (κ1) is 12.6. The van der Waals surface area contributed by atoms with Crippen LogP contribution in [0.15, 0.2) is 16.5 Å². The third-order valence-electron chi connectivity index (χ3n) is 2.29. The van der Waals surface area contributed by atoms with Gasteiger partial charge >= 0.3 is 11.9 Å². The van der Waals surface area contributed by atoms with Crippen LogP contribution in [0, 0.1) is 0 Å². The minimum Gasteiger partial charge on any atom is -0.476 e. The number of ether oxygens (including phenoxy) is 1. The molecule has 2 aromatic rings. The number of thiophene rings is 1. The molecule has 5 nitrogen and oxygen atoms in total. The number of aryl methyl sites for hydroxylation is 1. The molecule has 2 rings (SSSR count). The maximum atomic E-state index is 11.0. The van der Waals surface area contributed by atoms with Crippen LogP contribution in [0.4, 0.5) is 0 Å². The van der Waals surface area contributed by atoms with E-state index in [1.807, 2.05) is 12.1 Å². The van der Waals surface area contributed by atoms with Crippen molar-refractivity contribution in [3.63, 3.8) is 0 Å². The van der Waals surface area contributed by atoms with Crippen molar-refractivity contribution >= 4 is 17.3 Å². The monoisotopic (exact) mass is 267 g/mol. The Morgan fingerprint density at radius 2 is 2.28 bits per heavy atom. The molecule has 0 bridgehead atoms. The fourth-order valence-electron chi connectivity index (χ4n) is 1.46. The van der Waals surface area contributed by atoms with Gasteiger partial charge in [0.05, 0.1) is 11.5 Å². The van der Waals surface area contributed by atoms with Gasteiger partial charge < -0.3 is 14.3 Å². The summed E-state index contributed by atoms with van der Waals surface area (Å²) in [6.45, 7) is 4.15. The van der Waals surface area contributed by atoms with Crippen LogP contribution in [0.5, 0.6) is 5.95 Å². The van der Waals surface area contributed by atoms with Crippen molar-refractivity contribution in [1.29, 1.82) is 0 Å². The van der Waals surface area contributed by atoms with Crippen molar-refractivity contribution < 1.29 is 19.1 Å². The Balaban J connectivity index is 2.39. The van der Waals surface area contributed by atoms with Gasteiger partial charge in [0.2, 0.25) is 11.6 Å². The van der Waals surface area contributed by atoms with Crippen molar-refractivity contribution in [2.45, 2.75) is 20.3 Å². The second kappa shape index (κ2) is 5.22. The zero-order valence-electron chi connectivity index (χ0n) is 10.1. The number of rotatable bonds is 5. The summed E-state index contributed by atoms with van der Waals surface area (Å²) in [6.07, 6.45) is 0.926. The number of hydrogen-bond acceptors (Lipinski definition) is 5. The van der Waals surface area contributed by atoms with Crippen molar-refractivity contribution in [2.75, 3.05) is 6.61 Å². The Morgan fingerprint density at radius 3 is 2.83 bits per heavy atom. The van der Waals surface area contributed by atoms with Gasteiger partial charge in [0.1, 0.15) is 0 Å². The van der Waals surface area contributed by atoms with Crippen LogP contribution < -0.4 is 4.74 Å². The lowest BCUT2D eigenvalue weighted by Gasteiger charge is -1.96. The molecule has 0 aromatic carbocycles. The zero-order chi connectivity index (χ0) is 13.1. The molecule has 0 fully saturated rings. The van der Waals surface area contributed by atoms with Crippen LogP contribution in [-0.2, 0) is 6.42 Å². The first-order valence-corrected chi connectivity index (χ1v) is 6.43. The van der Waals surface area contributed by atoms with Gasteiger partial charge in [0.25, 0.3) is 0 Å². The van der Waals surface area contributed by atoms with E-state index in [9.17, 15) is 4.79 Å². The Bertz CT molecular complexity index is 558. The molecular weight excluding hydrogens is 254 g/mol. The Labute approximate surface area is 108 Å². The summed E-state index contributed by atoms with van der Waals surface area (Å²) in [5, 5.41) is 9.00. The Morgan fingerprint density at radius 1 is 1.50 bits per heavy atom. The van der Waals surface area contributed by atoms with E-state index in [1.165, 1.54) is 16.2 Å². The summed E-state index contributed by atoms with van der Waals surface area (Å²) >= 11 is 1.53. The van der Waals surface area contributed by atoms with E-state index in [0.717, 1.165) is 11.3 Å². The number of carboxylic acid groups (broad SMARTS) is 1. The second-order valence-corrected chi connectivity index (χ2v) is 4.68. The van der Waals surface area contributed by atoms with Gasteiger partial charge in [-0.1, -0.05) is 6.92 Å². The van der Waals surface area contributed by atoms with Gasteiger partial charge in [0, 0.05) is 4.88 Å². The van der Waals surface area contributed by atoms with E-state index in [4.69, 9.17) is 14.3 Å². The summed E-state index contributed by atoms with van der Waals surface area (Å²) in [7, 11) is 0. The lowest BCUT2D eigenvalue weighted by molar-refractivity contribution is 0.0683. The summed E-state index contributed by atoms with van der Waals surface area (Å²) in [4.78, 5) is 17.0. The largest absolute Gasteiger partial charge is 0.476 e. The first-order valence-electron chi connectivity index (χ1n) is 5.61. The van der Waals surface area contributed by atoms with Crippen LogP contribution in [0.3, 0.4) is 0 Å². The molecule has 0 spiro atoms. The molecule has 0 unspecified atom stereocenters. The SMILES string of the molecule is CCOc1oc(-c2ccc(CC)s2)nc1C(=O)O. The van der Waals surface area contributed by atoms with Gasteiger partial charge in [-0.2, -0.15) is 4.98 Å². The highest BCUT2D eigenvalue weighted by Gasteiger charge is 2.22. The Hall–Kier alpha value is -1.82. The molecular formula is C12H13NO4S. The standard InChI is InChI=1S/C12H13NO4S/c1-3-7-5-6-8(18-7)10-13-9(11(14)15)12(17-10)16-4-2/h5-6H,3-4H2,1-2H3,(H,14,15). The highest BCUT2D eigenvalue weighted by atomic mass is 32.1. The third kappa shape index (κ3) is 2.38. The lowest BCUT2D eigenvalue weighted by atomic mass is 10.4. The van der Waals surface area contributed by atoms with Crippen molar-refractivity contribution in [3.05, 3.63) is 22.7 Å². The molecule has 1 N–H and O–H groups in total. The predicted octanol–water partition coefficient (Wildman–Crippen LogP) is 3.06. The number of hydrogen-bond donors (Lipinski definition) is 1. The van der Waals surface area contributed by atoms with Crippen LogP contribution in [0.25, 0.3) is 10.8 Å². The molecule has 18 heavy (non-hydrogen) atoms. The maximum absolute atomic E-state index is 11.0. The Kier molecular flexibility index (Phi) is 3.66. The highest BCUT2D eigenvalue weighted by Crippen LogP contribution is 2.32. The van der Waals surface area contributed by atoms with E-state index in [-0.39, 0.29) is 11.6 Å². The minimum absolute atomic E-state index is 0.0357. The normalized spacial score (nSPS) is 10.6. The molecule has 6 heteroatoms. The van der Waals surface area contributed by atoms with E-state index >= 15 is 0 Å². The van der Waals surface area contributed by atoms with Gasteiger partial charge in [-0.15, -0.1) is 11.3 Å². The second-order valence-electron chi connectivity index (χ2n) is 3.51. The molecule has 0 saturated heterocycles. The van der Waals surface area contributed by atoms with Crippen molar-refractivity contribution in [3.8, 4) is 16.7 Å². The van der Waals surface area contributed by atoms with Gasteiger partial charge in [-0.3, -0.25) is 0 Å². The quantitative estimate of drug-likeness (QED) is 0.901. The van der Waals surface area contributed by atoms with E-state index in [2.05, 4.69) is 11.9 Å².